The fourth-order valence-electron chi connectivity index (χ4n) is 8.70. The summed E-state index contributed by atoms with van der Waals surface area (Å²) in [4.78, 5) is 14.8. The number of hydrogen-bond acceptors (Lipinski definition) is 4. The number of rotatable bonds is 15. The highest BCUT2D eigenvalue weighted by atomic mass is 32.2. The van der Waals surface area contributed by atoms with Crippen LogP contribution in [-0.4, -0.2) is 47.9 Å². The van der Waals surface area contributed by atoms with Gasteiger partial charge < -0.3 is 4.90 Å². The number of ketones is 1. The summed E-state index contributed by atoms with van der Waals surface area (Å²) in [6.45, 7) is 16.7. The zero-order chi connectivity index (χ0) is 40.3. The lowest BCUT2D eigenvalue weighted by Gasteiger charge is -2.27. The molecule has 0 amide bonds. The van der Waals surface area contributed by atoms with Crippen LogP contribution in [0.25, 0.3) is 21.5 Å². The highest BCUT2D eigenvalue weighted by Crippen LogP contribution is 2.51. The third-order valence-electron chi connectivity index (χ3n) is 11.6. The fourth-order valence-corrected chi connectivity index (χ4v) is 9.27. The lowest BCUT2D eigenvalue weighted by molar-refractivity contribution is -0.438. The second-order valence-corrected chi connectivity index (χ2v) is 19.0. The van der Waals surface area contributed by atoms with Crippen molar-refractivity contribution in [3.63, 3.8) is 0 Å². The zero-order valence-electron chi connectivity index (χ0n) is 34.3. The molecule has 2 aliphatic heterocycles. The van der Waals surface area contributed by atoms with Gasteiger partial charge in [-0.25, -0.2) is 0 Å². The van der Waals surface area contributed by atoms with Crippen molar-refractivity contribution in [3.05, 3.63) is 132 Å². The van der Waals surface area contributed by atoms with Gasteiger partial charge >= 0.3 is 0 Å². The second-order valence-electron chi connectivity index (χ2n) is 17.5. The van der Waals surface area contributed by atoms with Crippen LogP contribution >= 0.6 is 0 Å². The van der Waals surface area contributed by atoms with Crippen LogP contribution in [-0.2, 0) is 25.7 Å². The quantitative estimate of drug-likeness (QED) is 0.0564. The maximum Gasteiger partial charge on any atom is 0.264 e. The molecule has 0 unspecified atom stereocenters. The van der Waals surface area contributed by atoms with Crippen LogP contribution in [0.4, 0.5) is 11.4 Å². The minimum atomic E-state index is -3.99. The summed E-state index contributed by atoms with van der Waals surface area (Å²) in [5, 5.41) is 4.97. The van der Waals surface area contributed by atoms with Gasteiger partial charge in [-0.1, -0.05) is 120 Å². The Kier molecular flexibility index (Phi) is 12.1. The second kappa shape index (κ2) is 16.5. The van der Waals surface area contributed by atoms with Crippen molar-refractivity contribution in [1.82, 2.24) is 0 Å². The van der Waals surface area contributed by atoms with E-state index in [9.17, 15) is 17.8 Å². The number of fused-ring (bicyclic) bond motifs is 6. The number of Topliss-reactive ketones (excluding diaryl/α,β-unsaturated/α-hetero) is 1. The molecule has 0 fully saturated rings. The van der Waals surface area contributed by atoms with Gasteiger partial charge in [-0.05, 0) is 84.8 Å². The van der Waals surface area contributed by atoms with Crippen LogP contribution in [0.15, 0.2) is 121 Å². The molecular formula is C49H59N2O4S+. The number of nitrogens with zero attached hydrogens (tertiary/aromatic N) is 2. The average Bonchev–Trinajstić information content (AvgIpc) is 3.50. The van der Waals surface area contributed by atoms with E-state index >= 15 is 0 Å². The van der Waals surface area contributed by atoms with E-state index in [1.807, 2.05) is 20.8 Å². The van der Waals surface area contributed by atoms with Crippen LogP contribution in [0.3, 0.4) is 0 Å². The van der Waals surface area contributed by atoms with E-state index in [0.29, 0.717) is 31.6 Å². The topological polar surface area (TPSA) is 77.7 Å². The van der Waals surface area contributed by atoms with E-state index in [0.717, 1.165) is 37.2 Å². The first-order chi connectivity index (χ1) is 26.5. The molecule has 0 bridgehead atoms. The van der Waals surface area contributed by atoms with Crippen molar-refractivity contribution in [2.75, 3.05) is 23.7 Å². The standard InChI is InChI=1S/C49H58N2O4S/c1-47(2,3)44(52)28-14-11-19-33-50-40-31-29-36-22-15-17-24-38(36)45(40)48(4,5)42(50)26-12-9-8-10-13-27-43-49(6,7)46-39-25-18-16-23-37(39)30-32-41(46)51(43)34-20-21-35-56(53,54)55/h8-10,12-13,15-18,22-27,29-32H,11,14,19-21,28,33-35H2,1-7H3/p+1. The SMILES string of the molecule is CC(C)(C)C(=O)CCCCC[N+]1=C(C=CC=CC=CC=C2N(CCCCS(=O)(=O)O)c3ccc4ccccc4c3C2(C)C)C(C)(C)c2c1ccc1ccccc21. The van der Waals surface area contributed by atoms with Gasteiger partial charge in [0.15, 0.2) is 5.71 Å². The number of allylic oxidation sites excluding steroid dienone is 8. The Morgan fingerprint density at radius 3 is 2.04 bits per heavy atom. The Morgan fingerprint density at radius 2 is 1.36 bits per heavy atom. The van der Waals surface area contributed by atoms with Gasteiger partial charge in [-0.3, -0.25) is 9.35 Å². The van der Waals surface area contributed by atoms with Crippen LogP contribution < -0.4 is 4.90 Å². The molecule has 6 nitrogen and oxygen atoms in total. The van der Waals surface area contributed by atoms with Crippen molar-refractivity contribution in [2.45, 2.75) is 97.8 Å². The van der Waals surface area contributed by atoms with Crippen LogP contribution in [0.5, 0.6) is 0 Å². The van der Waals surface area contributed by atoms with Gasteiger partial charge in [0, 0.05) is 59.3 Å². The fraction of sp³-hybridized carbons (Fsp3) is 0.388. The lowest BCUT2D eigenvalue weighted by Crippen LogP contribution is -2.28. The van der Waals surface area contributed by atoms with Crippen LogP contribution in [0.1, 0.15) is 98.1 Å². The molecule has 0 spiro atoms. The molecule has 0 radical (unpaired) electrons. The third kappa shape index (κ3) is 8.69. The molecule has 0 atom stereocenters. The molecule has 6 rings (SSSR count). The van der Waals surface area contributed by atoms with Crippen molar-refractivity contribution in [3.8, 4) is 0 Å². The number of carbonyl (C=O) groups is 1. The number of hydrogen-bond donors (Lipinski definition) is 1. The summed E-state index contributed by atoms with van der Waals surface area (Å²) in [5.74, 6) is 0.100. The Balaban J connectivity index is 1.23. The molecule has 0 aromatic heterocycles. The summed E-state index contributed by atoms with van der Waals surface area (Å²) in [6, 6.07) is 26.0. The third-order valence-corrected chi connectivity index (χ3v) is 12.4. The molecule has 0 saturated heterocycles. The zero-order valence-corrected chi connectivity index (χ0v) is 35.1. The van der Waals surface area contributed by atoms with Crippen molar-refractivity contribution < 1.29 is 22.3 Å². The number of unbranched alkanes of at least 4 members (excludes halogenated alkanes) is 3. The van der Waals surface area contributed by atoms with Gasteiger partial charge in [-0.15, -0.1) is 0 Å². The van der Waals surface area contributed by atoms with E-state index in [2.05, 4.69) is 152 Å². The summed E-state index contributed by atoms with van der Waals surface area (Å²) in [5.41, 5.74) is 6.73. The van der Waals surface area contributed by atoms with E-state index in [1.165, 1.54) is 44.1 Å². The van der Waals surface area contributed by atoms with E-state index in [1.54, 1.807) is 0 Å². The average molecular weight is 772 g/mol. The first-order valence-electron chi connectivity index (χ1n) is 20.2. The Labute approximate surface area is 334 Å². The van der Waals surface area contributed by atoms with Gasteiger partial charge in [0.2, 0.25) is 5.69 Å². The monoisotopic (exact) mass is 771 g/mol. The maximum absolute atomic E-state index is 12.5. The maximum atomic E-state index is 12.5. The van der Waals surface area contributed by atoms with Gasteiger partial charge in [0.25, 0.3) is 10.1 Å². The number of anilines is 1. The van der Waals surface area contributed by atoms with Gasteiger partial charge in [-0.2, -0.15) is 13.0 Å². The summed E-state index contributed by atoms with van der Waals surface area (Å²) in [7, 11) is -3.99. The predicted molar refractivity (Wildman–Crippen MR) is 235 cm³/mol. The molecule has 4 aromatic carbocycles. The number of carbonyl (C=O) groups excluding carboxylic acids is 1. The van der Waals surface area contributed by atoms with E-state index in [-0.39, 0.29) is 22.0 Å². The molecule has 56 heavy (non-hydrogen) atoms. The predicted octanol–water partition coefficient (Wildman–Crippen LogP) is 11.6. The van der Waals surface area contributed by atoms with E-state index in [4.69, 9.17) is 0 Å². The highest BCUT2D eigenvalue weighted by molar-refractivity contribution is 7.85. The normalized spacial score (nSPS) is 17.4. The highest BCUT2D eigenvalue weighted by Gasteiger charge is 2.45. The molecule has 2 aliphatic rings. The molecule has 7 heteroatoms. The van der Waals surface area contributed by atoms with Crippen LogP contribution in [0, 0.1) is 5.41 Å². The number of benzene rings is 4. The van der Waals surface area contributed by atoms with Crippen molar-refractivity contribution in [1.29, 1.82) is 0 Å². The molecule has 2 heterocycles. The first kappa shape index (κ1) is 41.1. The molecule has 4 aromatic rings. The largest absolute Gasteiger partial charge is 0.344 e. The summed E-state index contributed by atoms with van der Waals surface area (Å²) < 4.78 is 34.6. The molecule has 1 N–H and O–H groups in total. The minimum absolute atomic E-state index is 0.193. The van der Waals surface area contributed by atoms with Crippen molar-refractivity contribution in [2.24, 2.45) is 5.41 Å². The Hall–Kier alpha value is -4.59. The van der Waals surface area contributed by atoms with Crippen molar-refractivity contribution >= 4 is 54.5 Å². The van der Waals surface area contributed by atoms with Gasteiger partial charge in [0.05, 0.1) is 11.2 Å². The van der Waals surface area contributed by atoms with Gasteiger partial charge in [0.1, 0.15) is 12.3 Å². The molecular weight excluding hydrogens is 713 g/mol. The van der Waals surface area contributed by atoms with Crippen LogP contribution in [0.2, 0.25) is 0 Å². The first-order valence-corrected chi connectivity index (χ1v) is 21.8. The smallest absolute Gasteiger partial charge is 0.264 e. The molecule has 294 valence electrons. The Morgan fingerprint density at radius 1 is 0.732 bits per heavy atom. The lowest BCUT2D eigenvalue weighted by atomic mass is 9.79. The van der Waals surface area contributed by atoms with E-state index < -0.39 is 10.1 Å². The molecule has 0 aliphatic carbocycles. The summed E-state index contributed by atoms with van der Waals surface area (Å²) in [6.07, 6.45) is 19.5. The Bertz CT molecular complexity index is 2390. The summed E-state index contributed by atoms with van der Waals surface area (Å²) >= 11 is 0. The minimum Gasteiger partial charge on any atom is -0.344 e. The molecule has 0 saturated carbocycles.